The van der Waals surface area contributed by atoms with E-state index in [-0.39, 0.29) is 5.91 Å². The Morgan fingerprint density at radius 3 is 3.06 bits per heavy atom. The summed E-state index contributed by atoms with van der Waals surface area (Å²) in [6, 6.07) is 6.20. The van der Waals surface area contributed by atoms with Crippen LogP contribution in [0.25, 0.3) is 0 Å². The molecule has 86 valence electrons. The lowest BCUT2D eigenvalue weighted by molar-refractivity contribution is -0.116. The molecule has 0 fully saturated rings. The van der Waals surface area contributed by atoms with E-state index in [1.807, 2.05) is 19.2 Å². The van der Waals surface area contributed by atoms with Gasteiger partial charge in [-0.2, -0.15) is 0 Å². The van der Waals surface area contributed by atoms with Gasteiger partial charge < -0.3 is 16.0 Å². The number of fused-ring (bicyclic) bond motifs is 1. The number of nitrogens with one attached hydrogen (secondary N) is 3. The van der Waals surface area contributed by atoms with Crippen LogP contribution in [0.15, 0.2) is 18.2 Å². The molecule has 0 aliphatic carbocycles. The molecule has 1 aliphatic rings. The standard InChI is InChI=1S/C12H17N3O/c1-13-8-14-7-9-2-4-11-10(6-9)3-5-12(16)15-11/h2,4,6,13-14H,3,5,7-8H2,1H3,(H,15,16). The first-order chi connectivity index (χ1) is 7.79. The molecule has 4 heteroatoms. The molecule has 4 nitrogen and oxygen atoms in total. The summed E-state index contributed by atoms with van der Waals surface area (Å²) in [4.78, 5) is 11.2. The van der Waals surface area contributed by atoms with E-state index in [0.29, 0.717) is 6.42 Å². The molecule has 1 aromatic carbocycles. The van der Waals surface area contributed by atoms with Crippen LogP contribution in [-0.2, 0) is 17.8 Å². The van der Waals surface area contributed by atoms with Gasteiger partial charge >= 0.3 is 0 Å². The van der Waals surface area contributed by atoms with Crippen LogP contribution in [0.4, 0.5) is 5.69 Å². The topological polar surface area (TPSA) is 53.2 Å². The Morgan fingerprint density at radius 1 is 1.38 bits per heavy atom. The fourth-order valence-electron chi connectivity index (χ4n) is 1.88. The number of carbonyl (C=O) groups is 1. The van der Waals surface area contributed by atoms with Crippen LogP contribution >= 0.6 is 0 Å². The second-order valence-corrected chi connectivity index (χ2v) is 4.00. The SMILES string of the molecule is CNCNCc1ccc2c(c1)CCC(=O)N2. The Morgan fingerprint density at radius 2 is 2.25 bits per heavy atom. The molecule has 0 spiro atoms. The smallest absolute Gasteiger partial charge is 0.224 e. The summed E-state index contributed by atoms with van der Waals surface area (Å²) in [5.74, 6) is 0.119. The van der Waals surface area contributed by atoms with Crippen molar-refractivity contribution in [3.05, 3.63) is 29.3 Å². The van der Waals surface area contributed by atoms with Gasteiger partial charge in [-0.3, -0.25) is 4.79 Å². The van der Waals surface area contributed by atoms with E-state index in [4.69, 9.17) is 0 Å². The van der Waals surface area contributed by atoms with Gasteiger partial charge in [0.15, 0.2) is 0 Å². The second-order valence-electron chi connectivity index (χ2n) is 4.00. The maximum atomic E-state index is 11.2. The van der Waals surface area contributed by atoms with Crippen molar-refractivity contribution in [3.8, 4) is 0 Å². The first-order valence-electron chi connectivity index (χ1n) is 5.56. The Labute approximate surface area is 95.4 Å². The predicted octanol–water partition coefficient (Wildman–Crippen LogP) is 0.838. The molecule has 2 rings (SSSR count). The predicted molar refractivity (Wildman–Crippen MR) is 64.2 cm³/mol. The zero-order chi connectivity index (χ0) is 11.4. The van der Waals surface area contributed by atoms with E-state index in [1.165, 1.54) is 11.1 Å². The molecular weight excluding hydrogens is 202 g/mol. The number of hydrogen-bond acceptors (Lipinski definition) is 3. The number of benzene rings is 1. The Hall–Kier alpha value is -1.39. The van der Waals surface area contributed by atoms with E-state index in [1.54, 1.807) is 0 Å². The van der Waals surface area contributed by atoms with Crippen molar-refractivity contribution in [1.29, 1.82) is 0 Å². The van der Waals surface area contributed by atoms with Gasteiger partial charge in [0.2, 0.25) is 5.91 Å². The zero-order valence-corrected chi connectivity index (χ0v) is 9.47. The van der Waals surface area contributed by atoms with Gasteiger partial charge in [-0.25, -0.2) is 0 Å². The van der Waals surface area contributed by atoms with Gasteiger partial charge in [0.1, 0.15) is 0 Å². The van der Waals surface area contributed by atoms with E-state index in [2.05, 4.69) is 22.0 Å². The number of hydrogen-bond donors (Lipinski definition) is 3. The monoisotopic (exact) mass is 219 g/mol. The third-order valence-electron chi connectivity index (χ3n) is 2.70. The van der Waals surface area contributed by atoms with Crippen molar-refractivity contribution in [2.45, 2.75) is 19.4 Å². The number of rotatable bonds is 4. The van der Waals surface area contributed by atoms with Crippen molar-refractivity contribution in [2.75, 3.05) is 19.0 Å². The normalized spacial score (nSPS) is 14.4. The fraction of sp³-hybridized carbons (Fsp3) is 0.417. The van der Waals surface area contributed by atoms with E-state index < -0.39 is 0 Å². The minimum absolute atomic E-state index is 0.119. The fourth-order valence-corrected chi connectivity index (χ4v) is 1.88. The van der Waals surface area contributed by atoms with E-state index >= 15 is 0 Å². The molecule has 1 aromatic rings. The highest BCUT2D eigenvalue weighted by Gasteiger charge is 2.14. The molecule has 0 unspecified atom stereocenters. The maximum absolute atomic E-state index is 11.2. The highest BCUT2D eigenvalue weighted by atomic mass is 16.1. The molecule has 16 heavy (non-hydrogen) atoms. The van der Waals surface area contributed by atoms with Crippen molar-refractivity contribution in [1.82, 2.24) is 10.6 Å². The lowest BCUT2D eigenvalue weighted by atomic mass is 10.0. The van der Waals surface area contributed by atoms with Crippen molar-refractivity contribution >= 4 is 11.6 Å². The molecule has 0 saturated carbocycles. The van der Waals surface area contributed by atoms with Crippen LogP contribution in [0.1, 0.15) is 17.5 Å². The first kappa shape index (κ1) is 11.1. The first-order valence-corrected chi connectivity index (χ1v) is 5.56. The molecule has 0 radical (unpaired) electrons. The number of anilines is 1. The van der Waals surface area contributed by atoms with Gasteiger partial charge in [0.05, 0.1) is 0 Å². The maximum Gasteiger partial charge on any atom is 0.224 e. The van der Waals surface area contributed by atoms with Crippen LogP contribution in [0.2, 0.25) is 0 Å². The Kier molecular flexibility index (Phi) is 3.54. The number of aryl methyl sites for hydroxylation is 1. The van der Waals surface area contributed by atoms with Crippen molar-refractivity contribution < 1.29 is 4.79 Å². The van der Waals surface area contributed by atoms with Crippen molar-refractivity contribution in [2.24, 2.45) is 0 Å². The summed E-state index contributed by atoms with van der Waals surface area (Å²) < 4.78 is 0. The lowest BCUT2D eigenvalue weighted by Crippen LogP contribution is -2.25. The molecule has 1 amide bonds. The molecule has 3 N–H and O–H groups in total. The zero-order valence-electron chi connectivity index (χ0n) is 9.47. The van der Waals surface area contributed by atoms with Gasteiger partial charge in [0, 0.05) is 25.3 Å². The highest BCUT2D eigenvalue weighted by Crippen LogP contribution is 2.23. The second kappa shape index (κ2) is 5.09. The van der Waals surface area contributed by atoms with Gasteiger partial charge in [-0.1, -0.05) is 12.1 Å². The van der Waals surface area contributed by atoms with Crippen molar-refractivity contribution in [3.63, 3.8) is 0 Å². The van der Waals surface area contributed by atoms with Gasteiger partial charge in [0.25, 0.3) is 0 Å². The number of carbonyl (C=O) groups excluding carboxylic acids is 1. The minimum atomic E-state index is 0.119. The van der Waals surface area contributed by atoms with Crippen LogP contribution in [0, 0.1) is 0 Å². The summed E-state index contributed by atoms with van der Waals surface area (Å²) in [6.45, 7) is 1.65. The van der Waals surface area contributed by atoms with Crippen LogP contribution < -0.4 is 16.0 Å². The van der Waals surface area contributed by atoms with E-state index in [9.17, 15) is 4.79 Å². The lowest BCUT2D eigenvalue weighted by Gasteiger charge is -2.17. The van der Waals surface area contributed by atoms with E-state index in [0.717, 1.165) is 25.3 Å². The van der Waals surface area contributed by atoms with Crippen LogP contribution in [0.5, 0.6) is 0 Å². The molecular formula is C12H17N3O. The van der Waals surface area contributed by atoms with Crippen LogP contribution in [-0.4, -0.2) is 19.6 Å². The molecule has 0 saturated heterocycles. The summed E-state index contributed by atoms with van der Waals surface area (Å²) >= 11 is 0. The molecule has 0 bridgehead atoms. The summed E-state index contributed by atoms with van der Waals surface area (Å²) in [5.41, 5.74) is 3.46. The molecule has 1 aliphatic heterocycles. The quantitative estimate of drug-likeness (QED) is 0.519. The van der Waals surface area contributed by atoms with Gasteiger partial charge in [-0.15, -0.1) is 0 Å². The Bertz CT molecular complexity index is 390. The summed E-state index contributed by atoms with van der Waals surface area (Å²) in [7, 11) is 1.91. The third-order valence-corrected chi connectivity index (χ3v) is 2.70. The third kappa shape index (κ3) is 2.59. The molecule has 0 atom stereocenters. The minimum Gasteiger partial charge on any atom is -0.326 e. The average molecular weight is 219 g/mol. The Balaban J connectivity index is 2.04. The van der Waals surface area contributed by atoms with Crippen LogP contribution in [0.3, 0.4) is 0 Å². The average Bonchev–Trinajstić information content (AvgIpc) is 2.29. The molecule has 1 heterocycles. The summed E-state index contributed by atoms with van der Waals surface area (Å²) in [6.07, 6.45) is 1.45. The molecule has 0 aromatic heterocycles. The summed E-state index contributed by atoms with van der Waals surface area (Å²) in [5, 5.41) is 9.19. The van der Waals surface area contributed by atoms with Gasteiger partial charge in [-0.05, 0) is 30.7 Å². The highest BCUT2D eigenvalue weighted by molar-refractivity contribution is 5.93. The number of amides is 1. The largest absolute Gasteiger partial charge is 0.326 e.